The second kappa shape index (κ2) is 9.37. The fourth-order valence-electron chi connectivity index (χ4n) is 3.26. The number of methoxy groups -OCH3 is 1. The van der Waals surface area contributed by atoms with Crippen molar-refractivity contribution in [3.63, 3.8) is 0 Å². The molecule has 0 aromatic heterocycles. The number of piperazine rings is 1. The Labute approximate surface area is 166 Å². The van der Waals surface area contributed by atoms with E-state index in [0.29, 0.717) is 5.56 Å². The molecule has 0 atom stereocenters. The summed E-state index contributed by atoms with van der Waals surface area (Å²) in [7, 11) is 1.67. The second-order valence-electron chi connectivity index (χ2n) is 6.99. The van der Waals surface area contributed by atoms with Crippen LogP contribution in [0.2, 0.25) is 0 Å². The number of hydrogen-bond donors (Lipinski definition) is 1. The number of hydrogen-bond acceptors (Lipinski definition) is 5. The number of ether oxygens (including phenoxy) is 1. The summed E-state index contributed by atoms with van der Waals surface area (Å²) in [6, 6.07) is 15.3. The molecule has 0 spiro atoms. The zero-order valence-corrected chi connectivity index (χ0v) is 16.5. The van der Waals surface area contributed by atoms with Gasteiger partial charge in [-0.25, -0.2) is 0 Å². The number of nitrogens with zero attached hydrogens (tertiary/aromatic N) is 2. The Morgan fingerprint density at radius 3 is 2.18 bits per heavy atom. The van der Waals surface area contributed by atoms with Crippen molar-refractivity contribution in [1.29, 1.82) is 0 Å². The molecule has 0 aliphatic carbocycles. The standard InChI is InChI=1S/C22H27N3O3/c1-17(26)19-5-7-20(8-6-19)23-15-22(27)25-13-11-24(12-14-25)16-18-3-9-21(28-2)10-4-18/h3-10,23H,11-16H2,1-2H3. The molecule has 6 nitrogen and oxygen atoms in total. The number of nitrogens with one attached hydrogen (secondary N) is 1. The van der Waals surface area contributed by atoms with Crippen molar-refractivity contribution in [2.75, 3.05) is 45.2 Å². The van der Waals surface area contributed by atoms with Gasteiger partial charge in [0.25, 0.3) is 0 Å². The molecule has 1 aliphatic rings. The number of carbonyl (C=O) groups excluding carboxylic acids is 2. The van der Waals surface area contributed by atoms with Gasteiger partial charge < -0.3 is 15.0 Å². The number of ketones is 1. The van der Waals surface area contributed by atoms with Gasteiger partial charge in [-0.2, -0.15) is 0 Å². The van der Waals surface area contributed by atoms with Crippen molar-refractivity contribution < 1.29 is 14.3 Å². The van der Waals surface area contributed by atoms with Crippen LogP contribution >= 0.6 is 0 Å². The van der Waals surface area contributed by atoms with Crippen molar-refractivity contribution >= 4 is 17.4 Å². The zero-order chi connectivity index (χ0) is 19.9. The van der Waals surface area contributed by atoms with Crippen LogP contribution in [0.5, 0.6) is 5.75 Å². The van der Waals surface area contributed by atoms with E-state index in [-0.39, 0.29) is 18.2 Å². The Morgan fingerprint density at radius 2 is 1.61 bits per heavy atom. The van der Waals surface area contributed by atoms with Crippen LogP contribution in [0.4, 0.5) is 5.69 Å². The van der Waals surface area contributed by atoms with Crippen molar-refractivity contribution in [3.8, 4) is 5.75 Å². The first-order valence-electron chi connectivity index (χ1n) is 9.53. The molecule has 1 fully saturated rings. The van der Waals surface area contributed by atoms with Crippen LogP contribution in [0.15, 0.2) is 48.5 Å². The summed E-state index contributed by atoms with van der Waals surface area (Å²) in [5, 5.41) is 3.14. The van der Waals surface area contributed by atoms with Crippen molar-refractivity contribution in [2.24, 2.45) is 0 Å². The lowest BCUT2D eigenvalue weighted by molar-refractivity contribution is -0.131. The highest BCUT2D eigenvalue weighted by Gasteiger charge is 2.20. The number of benzene rings is 2. The molecule has 148 valence electrons. The summed E-state index contributed by atoms with van der Waals surface area (Å²) >= 11 is 0. The quantitative estimate of drug-likeness (QED) is 0.747. The molecule has 0 radical (unpaired) electrons. The predicted octanol–water partition coefficient (Wildman–Crippen LogP) is 2.65. The fraction of sp³-hybridized carbons (Fsp3) is 0.364. The van der Waals surface area contributed by atoms with E-state index in [2.05, 4.69) is 22.3 Å². The van der Waals surface area contributed by atoms with Crippen LogP contribution in [0, 0.1) is 0 Å². The molecule has 3 rings (SSSR count). The normalized spacial score (nSPS) is 14.6. The van der Waals surface area contributed by atoms with Gasteiger partial charge in [-0.1, -0.05) is 12.1 Å². The minimum absolute atomic E-state index is 0.0372. The van der Waals surface area contributed by atoms with Crippen LogP contribution in [-0.4, -0.2) is 61.3 Å². The third-order valence-electron chi connectivity index (χ3n) is 5.03. The van der Waals surface area contributed by atoms with E-state index >= 15 is 0 Å². The maximum atomic E-state index is 12.5. The Morgan fingerprint density at radius 1 is 0.964 bits per heavy atom. The Bertz CT molecular complexity index is 795. The number of carbonyl (C=O) groups is 2. The van der Waals surface area contributed by atoms with E-state index in [1.807, 2.05) is 29.2 Å². The van der Waals surface area contributed by atoms with Crippen LogP contribution < -0.4 is 10.1 Å². The van der Waals surface area contributed by atoms with E-state index in [1.54, 1.807) is 26.2 Å². The monoisotopic (exact) mass is 381 g/mol. The van der Waals surface area contributed by atoms with Crippen LogP contribution in [0.25, 0.3) is 0 Å². The van der Waals surface area contributed by atoms with Gasteiger partial charge >= 0.3 is 0 Å². The first kappa shape index (κ1) is 19.9. The van der Waals surface area contributed by atoms with E-state index < -0.39 is 0 Å². The van der Waals surface area contributed by atoms with Gasteiger partial charge in [0.15, 0.2) is 5.78 Å². The molecule has 6 heteroatoms. The van der Waals surface area contributed by atoms with Crippen molar-refractivity contribution in [3.05, 3.63) is 59.7 Å². The highest BCUT2D eigenvalue weighted by atomic mass is 16.5. The minimum Gasteiger partial charge on any atom is -0.497 e. The first-order chi connectivity index (χ1) is 13.5. The molecular formula is C22H27N3O3. The molecule has 1 aliphatic heterocycles. The maximum Gasteiger partial charge on any atom is 0.241 e. The topological polar surface area (TPSA) is 61.9 Å². The molecular weight excluding hydrogens is 354 g/mol. The highest BCUT2D eigenvalue weighted by molar-refractivity contribution is 5.94. The summed E-state index contributed by atoms with van der Waals surface area (Å²) in [5.74, 6) is 0.998. The number of Topliss-reactive ketones (excluding diaryl/α,β-unsaturated/α-hetero) is 1. The summed E-state index contributed by atoms with van der Waals surface area (Å²) in [6.07, 6.45) is 0. The highest BCUT2D eigenvalue weighted by Crippen LogP contribution is 2.14. The van der Waals surface area contributed by atoms with Crippen LogP contribution in [-0.2, 0) is 11.3 Å². The fourth-order valence-corrected chi connectivity index (χ4v) is 3.26. The Kier molecular flexibility index (Phi) is 6.66. The predicted molar refractivity (Wildman–Crippen MR) is 110 cm³/mol. The maximum absolute atomic E-state index is 12.5. The lowest BCUT2D eigenvalue weighted by atomic mass is 10.1. The van der Waals surface area contributed by atoms with Crippen molar-refractivity contribution in [2.45, 2.75) is 13.5 Å². The van der Waals surface area contributed by atoms with Gasteiger partial charge in [-0.05, 0) is 48.9 Å². The van der Waals surface area contributed by atoms with Gasteiger partial charge in [0, 0.05) is 44.0 Å². The molecule has 1 amide bonds. The van der Waals surface area contributed by atoms with Gasteiger partial charge in [0.05, 0.1) is 13.7 Å². The molecule has 1 saturated heterocycles. The van der Waals surface area contributed by atoms with E-state index in [4.69, 9.17) is 4.74 Å². The average molecular weight is 381 g/mol. The molecule has 0 bridgehead atoms. The second-order valence-corrected chi connectivity index (χ2v) is 6.99. The third kappa shape index (κ3) is 5.33. The zero-order valence-electron chi connectivity index (χ0n) is 16.5. The number of anilines is 1. The van der Waals surface area contributed by atoms with Crippen LogP contribution in [0.1, 0.15) is 22.8 Å². The number of rotatable bonds is 7. The van der Waals surface area contributed by atoms with Crippen molar-refractivity contribution in [1.82, 2.24) is 9.80 Å². The average Bonchev–Trinajstić information content (AvgIpc) is 2.73. The van der Waals surface area contributed by atoms with E-state index in [1.165, 1.54) is 5.56 Å². The van der Waals surface area contributed by atoms with Gasteiger partial charge in [0.2, 0.25) is 5.91 Å². The largest absolute Gasteiger partial charge is 0.497 e. The van der Waals surface area contributed by atoms with Gasteiger partial charge in [-0.3, -0.25) is 14.5 Å². The Hall–Kier alpha value is -2.86. The molecule has 1 heterocycles. The molecule has 0 unspecified atom stereocenters. The number of amides is 1. The summed E-state index contributed by atoms with van der Waals surface area (Å²) < 4.78 is 5.19. The van der Waals surface area contributed by atoms with E-state index in [0.717, 1.165) is 44.2 Å². The SMILES string of the molecule is COc1ccc(CN2CCN(C(=O)CNc3ccc(C(C)=O)cc3)CC2)cc1. The molecule has 2 aromatic carbocycles. The van der Waals surface area contributed by atoms with E-state index in [9.17, 15) is 9.59 Å². The molecule has 0 saturated carbocycles. The smallest absolute Gasteiger partial charge is 0.241 e. The summed E-state index contributed by atoms with van der Waals surface area (Å²) in [6.45, 7) is 5.89. The molecule has 1 N–H and O–H groups in total. The third-order valence-corrected chi connectivity index (χ3v) is 5.03. The summed E-state index contributed by atoms with van der Waals surface area (Å²) in [4.78, 5) is 28.0. The van der Waals surface area contributed by atoms with Gasteiger partial charge in [0.1, 0.15) is 5.75 Å². The first-order valence-corrected chi connectivity index (χ1v) is 9.53. The van der Waals surface area contributed by atoms with Crippen LogP contribution in [0.3, 0.4) is 0 Å². The summed E-state index contributed by atoms with van der Waals surface area (Å²) in [5.41, 5.74) is 2.76. The minimum atomic E-state index is 0.0372. The molecule has 2 aromatic rings. The lowest BCUT2D eigenvalue weighted by Crippen LogP contribution is -2.49. The Balaban J connectivity index is 1.42. The molecule has 28 heavy (non-hydrogen) atoms. The lowest BCUT2D eigenvalue weighted by Gasteiger charge is -2.35. The van der Waals surface area contributed by atoms with Gasteiger partial charge in [-0.15, -0.1) is 0 Å².